The Labute approximate surface area is 121 Å². The first-order chi connectivity index (χ1) is 9.56. The number of hydrogen-bond acceptors (Lipinski definition) is 3. The second-order valence-electron chi connectivity index (χ2n) is 5.40. The standard InChI is InChI=1S/C15H23NO3S/c1-2-12-8-9-15(10-13(12)11-17)20(18,19)16-14-6-4-3-5-7-14/h8-10,14,16-17H,2-7,11H2,1H3. The van der Waals surface area contributed by atoms with Crippen molar-refractivity contribution in [3.8, 4) is 0 Å². The molecule has 0 bridgehead atoms. The van der Waals surface area contributed by atoms with E-state index in [0.29, 0.717) is 5.56 Å². The number of hydrogen-bond donors (Lipinski definition) is 2. The molecule has 2 rings (SSSR count). The highest BCUT2D eigenvalue weighted by Crippen LogP contribution is 2.21. The molecule has 0 radical (unpaired) electrons. The summed E-state index contributed by atoms with van der Waals surface area (Å²) in [6, 6.07) is 5.06. The van der Waals surface area contributed by atoms with E-state index in [9.17, 15) is 13.5 Å². The highest BCUT2D eigenvalue weighted by Gasteiger charge is 2.22. The molecule has 5 heteroatoms. The monoisotopic (exact) mass is 297 g/mol. The largest absolute Gasteiger partial charge is 0.392 e. The van der Waals surface area contributed by atoms with Crippen molar-refractivity contribution in [1.82, 2.24) is 4.72 Å². The molecule has 0 aromatic heterocycles. The zero-order chi connectivity index (χ0) is 14.6. The molecule has 0 saturated heterocycles. The normalized spacial score (nSPS) is 17.3. The number of aliphatic hydroxyl groups is 1. The van der Waals surface area contributed by atoms with Crippen LogP contribution in [0.5, 0.6) is 0 Å². The molecule has 1 aromatic carbocycles. The van der Waals surface area contributed by atoms with Crippen LogP contribution in [0.1, 0.15) is 50.2 Å². The van der Waals surface area contributed by atoms with E-state index in [1.165, 1.54) is 6.42 Å². The van der Waals surface area contributed by atoms with Crippen molar-refractivity contribution in [3.05, 3.63) is 29.3 Å². The highest BCUT2D eigenvalue weighted by atomic mass is 32.2. The number of benzene rings is 1. The molecule has 0 atom stereocenters. The molecular formula is C15H23NO3S. The molecule has 1 saturated carbocycles. The third kappa shape index (κ3) is 3.59. The summed E-state index contributed by atoms with van der Waals surface area (Å²) in [7, 11) is -3.48. The van der Waals surface area contributed by atoms with Gasteiger partial charge in [0.1, 0.15) is 0 Å². The van der Waals surface area contributed by atoms with Crippen molar-refractivity contribution >= 4 is 10.0 Å². The second-order valence-corrected chi connectivity index (χ2v) is 7.11. The summed E-state index contributed by atoms with van der Waals surface area (Å²) < 4.78 is 27.5. The maximum Gasteiger partial charge on any atom is 0.240 e. The molecule has 1 aliphatic rings. The lowest BCUT2D eigenvalue weighted by Gasteiger charge is -2.22. The molecule has 20 heavy (non-hydrogen) atoms. The average Bonchev–Trinajstić information content (AvgIpc) is 2.47. The molecule has 0 aliphatic heterocycles. The number of rotatable bonds is 5. The van der Waals surface area contributed by atoms with Gasteiger partial charge in [0.2, 0.25) is 10.0 Å². The van der Waals surface area contributed by atoms with Gasteiger partial charge in [-0.25, -0.2) is 13.1 Å². The fourth-order valence-corrected chi connectivity index (χ4v) is 4.12. The Kier molecular flexibility index (Phi) is 5.18. The first-order valence-corrected chi connectivity index (χ1v) is 8.80. The van der Waals surface area contributed by atoms with Gasteiger partial charge in [0.15, 0.2) is 0 Å². The van der Waals surface area contributed by atoms with Crippen LogP contribution in [0.15, 0.2) is 23.1 Å². The summed E-state index contributed by atoms with van der Waals surface area (Å²) in [5, 5.41) is 9.35. The molecule has 112 valence electrons. The molecule has 4 nitrogen and oxygen atoms in total. The quantitative estimate of drug-likeness (QED) is 0.876. The van der Waals surface area contributed by atoms with Gasteiger partial charge in [-0.1, -0.05) is 32.3 Å². The van der Waals surface area contributed by atoms with Crippen LogP contribution in [-0.2, 0) is 23.1 Å². The van der Waals surface area contributed by atoms with Crippen LogP contribution in [0.4, 0.5) is 0 Å². The fourth-order valence-electron chi connectivity index (χ4n) is 2.77. The number of aryl methyl sites for hydroxylation is 1. The smallest absolute Gasteiger partial charge is 0.240 e. The van der Waals surface area contributed by atoms with Gasteiger partial charge < -0.3 is 5.11 Å². The van der Waals surface area contributed by atoms with Crippen LogP contribution in [-0.4, -0.2) is 19.6 Å². The van der Waals surface area contributed by atoms with Crippen molar-refractivity contribution in [2.24, 2.45) is 0 Å². The van der Waals surface area contributed by atoms with E-state index in [4.69, 9.17) is 0 Å². The zero-order valence-electron chi connectivity index (χ0n) is 11.9. The van der Waals surface area contributed by atoms with E-state index in [1.54, 1.807) is 18.2 Å². The van der Waals surface area contributed by atoms with Gasteiger partial charge in [0.05, 0.1) is 11.5 Å². The first kappa shape index (κ1) is 15.5. The van der Waals surface area contributed by atoms with E-state index in [-0.39, 0.29) is 17.5 Å². The predicted molar refractivity (Wildman–Crippen MR) is 78.9 cm³/mol. The van der Waals surface area contributed by atoms with Crippen LogP contribution in [0, 0.1) is 0 Å². The minimum absolute atomic E-state index is 0.0529. The van der Waals surface area contributed by atoms with E-state index >= 15 is 0 Å². The van der Waals surface area contributed by atoms with Gasteiger partial charge >= 0.3 is 0 Å². The highest BCUT2D eigenvalue weighted by molar-refractivity contribution is 7.89. The Hall–Kier alpha value is -0.910. The SMILES string of the molecule is CCc1ccc(S(=O)(=O)NC2CCCCC2)cc1CO. The minimum Gasteiger partial charge on any atom is -0.392 e. The van der Waals surface area contributed by atoms with E-state index in [2.05, 4.69) is 4.72 Å². The Morgan fingerprint density at radius 3 is 2.50 bits per heavy atom. The molecule has 1 aliphatic carbocycles. The number of sulfonamides is 1. The van der Waals surface area contributed by atoms with Gasteiger partial charge in [0, 0.05) is 6.04 Å². The molecule has 1 aromatic rings. The maximum atomic E-state index is 12.4. The van der Waals surface area contributed by atoms with Crippen LogP contribution >= 0.6 is 0 Å². The predicted octanol–water partition coefficient (Wildman–Crippen LogP) is 2.35. The van der Waals surface area contributed by atoms with E-state index in [0.717, 1.165) is 37.7 Å². The van der Waals surface area contributed by atoms with Crippen LogP contribution in [0.25, 0.3) is 0 Å². The molecule has 1 fully saturated rings. The Morgan fingerprint density at radius 1 is 1.20 bits per heavy atom. The van der Waals surface area contributed by atoms with Gasteiger partial charge in [-0.3, -0.25) is 0 Å². The summed E-state index contributed by atoms with van der Waals surface area (Å²) in [4.78, 5) is 0.254. The Bertz CT molecular complexity index is 548. The minimum atomic E-state index is -3.48. The Morgan fingerprint density at radius 2 is 1.90 bits per heavy atom. The number of nitrogens with one attached hydrogen (secondary N) is 1. The van der Waals surface area contributed by atoms with Gasteiger partial charge in [-0.15, -0.1) is 0 Å². The van der Waals surface area contributed by atoms with Gasteiger partial charge in [-0.05, 0) is 42.5 Å². The van der Waals surface area contributed by atoms with Crippen molar-refractivity contribution in [3.63, 3.8) is 0 Å². The molecule has 0 unspecified atom stereocenters. The lowest BCUT2D eigenvalue weighted by Crippen LogP contribution is -2.36. The fraction of sp³-hybridized carbons (Fsp3) is 0.600. The topological polar surface area (TPSA) is 66.4 Å². The number of aliphatic hydroxyl groups excluding tert-OH is 1. The van der Waals surface area contributed by atoms with E-state index in [1.807, 2.05) is 6.92 Å². The summed E-state index contributed by atoms with van der Waals surface area (Å²) in [5.74, 6) is 0. The van der Waals surface area contributed by atoms with E-state index < -0.39 is 10.0 Å². The van der Waals surface area contributed by atoms with Crippen molar-refractivity contribution in [2.75, 3.05) is 0 Å². The van der Waals surface area contributed by atoms with Gasteiger partial charge in [-0.2, -0.15) is 0 Å². The lowest BCUT2D eigenvalue weighted by atomic mass is 9.96. The van der Waals surface area contributed by atoms with Crippen LogP contribution < -0.4 is 4.72 Å². The molecule has 0 heterocycles. The first-order valence-electron chi connectivity index (χ1n) is 7.32. The summed E-state index contributed by atoms with van der Waals surface area (Å²) >= 11 is 0. The Balaban J connectivity index is 2.20. The molecular weight excluding hydrogens is 274 g/mol. The third-order valence-electron chi connectivity index (χ3n) is 3.97. The maximum absolute atomic E-state index is 12.4. The second kappa shape index (κ2) is 6.70. The summed E-state index contributed by atoms with van der Waals surface area (Å²) in [6.45, 7) is 1.86. The van der Waals surface area contributed by atoms with Crippen LogP contribution in [0.3, 0.4) is 0 Å². The van der Waals surface area contributed by atoms with Gasteiger partial charge in [0.25, 0.3) is 0 Å². The summed E-state index contributed by atoms with van der Waals surface area (Å²) in [5.41, 5.74) is 1.68. The third-order valence-corrected chi connectivity index (χ3v) is 5.48. The molecule has 2 N–H and O–H groups in total. The summed E-state index contributed by atoms with van der Waals surface area (Å²) in [6.07, 6.45) is 5.98. The van der Waals surface area contributed by atoms with Crippen molar-refractivity contribution in [1.29, 1.82) is 0 Å². The molecule has 0 amide bonds. The zero-order valence-corrected chi connectivity index (χ0v) is 12.7. The lowest BCUT2D eigenvalue weighted by molar-refractivity contribution is 0.280. The average molecular weight is 297 g/mol. The van der Waals surface area contributed by atoms with Crippen molar-refractivity contribution in [2.45, 2.75) is 63.0 Å². The van der Waals surface area contributed by atoms with Crippen molar-refractivity contribution < 1.29 is 13.5 Å². The molecule has 0 spiro atoms. The van der Waals surface area contributed by atoms with Crippen LogP contribution in [0.2, 0.25) is 0 Å².